The first kappa shape index (κ1) is 31.7. The molecule has 0 fully saturated rings. The van der Waals surface area contributed by atoms with Crippen molar-refractivity contribution >= 4 is 62.3 Å². The molecular weight excluding hydrogens is 593 g/mol. The predicted octanol–water partition coefficient (Wildman–Crippen LogP) is 6.56. The number of sulfonamides is 1. The summed E-state index contributed by atoms with van der Waals surface area (Å²) in [5, 5.41) is 3.91. The second kappa shape index (κ2) is 14.2. The maximum absolute atomic E-state index is 14.1. The summed E-state index contributed by atoms with van der Waals surface area (Å²) in [6.45, 7) is 5.07. The molecule has 0 unspecified atom stereocenters. The van der Waals surface area contributed by atoms with Crippen LogP contribution in [-0.4, -0.2) is 43.8 Å². The summed E-state index contributed by atoms with van der Waals surface area (Å²) < 4.78 is 28.6. The number of nitrogens with one attached hydrogen (secondary N) is 1. The van der Waals surface area contributed by atoms with Gasteiger partial charge in [0.15, 0.2) is 0 Å². The highest BCUT2D eigenvalue weighted by molar-refractivity contribution is 7.92. The van der Waals surface area contributed by atoms with E-state index in [1.54, 1.807) is 61.5 Å². The molecule has 3 aromatic carbocycles. The molecular formula is C29H32Cl3N3O4S. The standard InChI is InChI=1S/C29H32Cl3N3O4S/c1-4-20(3)33-29(37)27(5-2)34(18-21-14-15-25(31)26(32)16-21)28(36)19-35(23-11-9-10-22(30)17-23)40(38,39)24-12-7-6-8-13-24/h6-17,20,27H,4-5,18-19H2,1-3H3,(H,33,37)/t20-,27-/m1/s1. The molecule has 0 aromatic heterocycles. The van der Waals surface area contributed by atoms with E-state index in [1.165, 1.54) is 23.1 Å². The maximum atomic E-state index is 14.1. The molecule has 11 heteroatoms. The third-order valence-corrected chi connectivity index (χ3v) is 9.19. The van der Waals surface area contributed by atoms with Crippen molar-refractivity contribution in [3.05, 3.63) is 93.4 Å². The summed E-state index contributed by atoms with van der Waals surface area (Å²) in [7, 11) is -4.17. The first-order chi connectivity index (χ1) is 19.0. The summed E-state index contributed by atoms with van der Waals surface area (Å²) in [5.41, 5.74) is 0.856. The van der Waals surface area contributed by atoms with Crippen LogP contribution in [0.2, 0.25) is 15.1 Å². The van der Waals surface area contributed by atoms with Gasteiger partial charge in [-0.2, -0.15) is 0 Å². The van der Waals surface area contributed by atoms with Gasteiger partial charge in [-0.25, -0.2) is 8.42 Å². The van der Waals surface area contributed by atoms with Gasteiger partial charge in [-0.1, -0.05) is 79.0 Å². The quantitative estimate of drug-likeness (QED) is 0.247. The smallest absolute Gasteiger partial charge is 0.264 e. The molecule has 40 heavy (non-hydrogen) atoms. The molecule has 0 aliphatic heterocycles. The van der Waals surface area contributed by atoms with Crippen molar-refractivity contribution in [3.8, 4) is 0 Å². The Bertz CT molecular complexity index is 1440. The molecule has 0 saturated carbocycles. The minimum atomic E-state index is -4.17. The van der Waals surface area contributed by atoms with Gasteiger partial charge >= 0.3 is 0 Å². The molecule has 0 saturated heterocycles. The number of hydrogen-bond donors (Lipinski definition) is 1. The number of carbonyl (C=O) groups is 2. The first-order valence-corrected chi connectivity index (χ1v) is 15.4. The third-order valence-electron chi connectivity index (χ3n) is 6.43. The van der Waals surface area contributed by atoms with Crippen molar-refractivity contribution in [3.63, 3.8) is 0 Å². The van der Waals surface area contributed by atoms with Crippen LogP contribution in [-0.2, 0) is 26.2 Å². The highest BCUT2D eigenvalue weighted by Crippen LogP contribution is 2.28. The minimum absolute atomic E-state index is 0.0108. The van der Waals surface area contributed by atoms with E-state index >= 15 is 0 Å². The zero-order valence-electron chi connectivity index (χ0n) is 22.5. The average Bonchev–Trinajstić information content (AvgIpc) is 2.93. The highest BCUT2D eigenvalue weighted by Gasteiger charge is 2.34. The van der Waals surface area contributed by atoms with E-state index in [1.807, 2.05) is 13.8 Å². The van der Waals surface area contributed by atoms with Crippen LogP contribution >= 0.6 is 34.8 Å². The predicted molar refractivity (Wildman–Crippen MR) is 161 cm³/mol. The van der Waals surface area contributed by atoms with E-state index in [-0.39, 0.29) is 29.1 Å². The molecule has 0 heterocycles. The Morgan fingerprint density at radius 2 is 1.57 bits per heavy atom. The van der Waals surface area contributed by atoms with Crippen LogP contribution in [0.3, 0.4) is 0 Å². The number of benzene rings is 3. The maximum Gasteiger partial charge on any atom is 0.264 e. The molecule has 1 N–H and O–H groups in total. The van der Waals surface area contributed by atoms with E-state index < -0.39 is 28.5 Å². The SMILES string of the molecule is CC[C@@H](C)NC(=O)[C@@H](CC)N(Cc1ccc(Cl)c(Cl)c1)C(=O)CN(c1cccc(Cl)c1)S(=O)(=O)c1ccccc1. The topological polar surface area (TPSA) is 86.8 Å². The van der Waals surface area contributed by atoms with Gasteiger partial charge in [-0.3, -0.25) is 13.9 Å². The molecule has 0 bridgehead atoms. The lowest BCUT2D eigenvalue weighted by Crippen LogP contribution is -2.53. The van der Waals surface area contributed by atoms with Gasteiger partial charge in [0.2, 0.25) is 11.8 Å². The lowest BCUT2D eigenvalue weighted by molar-refractivity contribution is -0.140. The molecule has 214 valence electrons. The fraction of sp³-hybridized carbons (Fsp3) is 0.310. The lowest BCUT2D eigenvalue weighted by Gasteiger charge is -2.33. The number of halogens is 3. The van der Waals surface area contributed by atoms with Crippen LogP contribution in [0.5, 0.6) is 0 Å². The molecule has 2 atom stereocenters. The molecule has 0 spiro atoms. The number of anilines is 1. The Hall–Kier alpha value is -2.78. The van der Waals surface area contributed by atoms with Crippen molar-refractivity contribution in [1.29, 1.82) is 0 Å². The minimum Gasteiger partial charge on any atom is -0.352 e. The fourth-order valence-electron chi connectivity index (χ4n) is 4.07. The second-order valence-corrected chi connectivity index (χ2v) is 12.4. The van der Waals surface area contributed by atoms with Crippen LogP contribution in [0.25, 0.3) is 0 Å². The number of amides is 2. The van der Waals surface area contributed by atoms with Crippen molar-refractivity contribution in [2.45, 2.75) is 57.1 Å². The van der Waals surface area contributed by atoms with Gasteiger partial charge in [0.05, 0.1) is 20.6 Å². The van der Waals surface area contributed by atoms with Crippen molar-refractivity contribution in [2.24, 2.45) is 0 Å². The van der Waals surface area contributed by atoms with Gasteiger partial charge in [0, 0.05) is 17.6 Å². The summed E-state index contributed by atoms with van der Waals surface area (Å²) in [4.78, 5) is 28.8. The van der Waals surface area contributed by atoms with Gasteiger partial charge in [-0.15, -0.1) is 0 Å². The zero-order chi connectivity index (χ0) is 29.4. The van der Waals surface area contributed by atoms with Gasteiger partial charge in [0.1, 0.15) is 12.6 Å². The fourth-order valence-corrected chi connectivity index (χ4v) is 6.01. The third kappa shape index (κ3) is 7.91. The van der Waals surface area contributed by atoms with Gasteiger partial charge in [-0.05, 0) is 67.8 Å². The van der Waals surface area contributed by atoms with E-state index in [0.717, 1.165) is 4.31 Å². The molecule has 3 rings (SSSR count). The van der Waals surface area contributed by atoms with E-state index in [4.69, 9.17) is 34.8 Å². The van der Waals surface area contributed by atoms with Crippen LogP contribution < -0.4 is 9.62 Å². The molecule has 7 nitrogen and oxygen atoms in total. The summed E-state index contributed by atoms with van der Waals surface area (Å²) in [6.07, 6.45) is 1.01. The summed E-state index contributed by atoms with van der Waals surface area (Å²) in [6, 6.07) is 18.1. The lowest BCUT2D eigenvalue weighted by atomic mass is 10.1. The van der Waals surface area contributed by atoms with E-state index in [9.17, 15) is 18.0 Å². The average molecular weight is 625 g/mol. The first-order valence-electron chi connectivity index (χ1n) is 12.8. The van der Waals surface area contributed by atoms with Gasteiger partial charge in [0.25, 0.3) is 10.0 Å². The Morgan fingerprint density at radius 3 is 2.17 bits per heavy atom. The number of carbonyl (C=O) groups excluding carboxylic acids is 2. The number of rotatable bonds is 12. The number of nitrogens with zero attached hydrogens (tertiary/aromatic N) is 2. The van der Waals surface area contributed by atoms with Crippen molar-refractivity contribution in [1.82, 2.24) is 10.2 Å². The van der Waals surface area contributed by atoms with Crippen LogP contribution in [0.15, 0.2) is 77.7 Å². The Morgan fingerprint density at radius 1 is 0.875 bits per heavy atom. The van der Waals surface area contributed by atoms with Crippen molar-refractivity contribution < 1.29 is 18.0 Å². The Labute approximate surface area is 251 Å². The molecule has 2 amide bonds. The van der Waals surface area contributed by atoms with Crippen LogP contribution in [0, 0.1) is 0 Å². The summed E-state index contributed by atoms with van der Waals surface area (Å²) in [5.74, 6) is -0.901. The van der Waals surface area contributed by atoms with E-state index in [2.05, 4.69) is 5.32 Å². The normalized spacial score (nSPS) is 12.8. The molecule has 0 radical (unpaired) electrons. The monoisotopic (exact) mass is 623 g/mol. The molecule has 0 aliphatic carbocycles. The molecule has 3 aromatic rings. The van der Waals surface area contributed by atoms with E-state index in [0.29, 0.717) is 33.5 Å². The number of hydrogen-bond acceptors (Lipinski definition) is 4. The van der Waals surface area contributed by atoms with Crippen LogP contribution in [0.1, 0.15) is 39.2 Å². The van der Waals surface area contributed by atoms with Crippen molar-refractivity contribution in [2.75, 3.05) is 10.8 Å². The second-order valence-electron chi connectivity index (χ2n) is 9.32. The van der Waals surface area contributed by atoms with Gasteiger partial charge < -0.3 is 10.2 Å². The largest absolute Gasteiger partial charge is 0.352 e. The zero-order valence-corrected chi connectivity index (χ0v) is 25.6. The Kier molecular flexibility index (Phi) is 11.3. The highest BCUT2D eigenvalue weighted by atomic mass is 35.5. The van der Waals surface area contributed by atoms with Crippen LogP contribution in [0.4, 0.5) is 5.69 Å². The summed E-state index contributed by atoms with van der Waals surface area (Å²) >= 11 is 18.5. The molecule has 0 aliphatic rings. The Balaban J connectivity index is 2.07.